The van der Waals surface area contributed by atoms with Crippen LogP contribution < -0.4 is 4.74 Å². The molecule has 5 nitrogen and oxygen atoms in total. The highest BCUT2D eigenvalue weighted by Gasteiger charge is 2.22. The van der Waals surface area contributed by atoms with Gasteiger partial charge >= 0.3 is 5.97 Å². The molecule has 0 bridgehead atoms. The minimum absolute atomic E-state index is 0.0619. The van der Waals surface area contributed by atoms with Crippen molar-refractivity contribution in [3.8, 4) is 5.75 Å². The number of carbonyl (C=O) groups is 1. The number of ether oxygens (including phenoxy) is 1. The van der Waals surface area contributed by atoms with Crippen LogP contribution in [0.1, 0.15) is 17.9 Å². The standard InChI is InChI=1S/C16H14ClNO4/c17-14-6-8-15(9-7-14)22-16(19)10-13(11-18(20)21)12-4-2-1-3-5-12/h1-9,13H,10-11H2. The Hall–Kier alpha value is -2.40. The molecule has 1 atom stereocenters. The maximum Gasteiger partial charge on any atom is 0.312 e. The Morgan fingerprint density at radius 2 is 1.77 bits per heavy atom. The van der Waals surface area contributed by atoms with Crippen molar-refractivity contribution >= 4 is 17.6 Å². The Kier molecular flexibility index (Phi) is 5.49. The lowest BCUT2D eigenvalue weighted by Gasteiger charge is -2.12. The predicted octanol–water partition coefficient (Wildman–Crippen LogP) is 3.70. The number of nitro groups is 1. The lowest BCUT2D eigenvalue weighted by molar-refractivity contribution is -0.483. The number of esters is 1. The summed E-state index contributed by atoms with van der Waals surface area (Å²) in [6.45, 7) is -0.320. The van der Waals surface area contributed by atoms with Crippen molar-refractivity contribution in [2.75, 3.05) is 6.54 Å². The summed E-state index contributed by atoms with van der Waals surface area (Å²) in [4.78, 5) is 22.4. The van der Waals surface area contributed by atoms with Gasteiger partial charge in [-0.15, -0.1) is 0 Å². The summed E-state index contributed by atoms with van der Waals surface area (Å²) < 4.78 is 5.18. The second kappa shape index (κ2) is 7.56. The molecule has 6 heteroatoms. The number of rotatable bonds is 6. The van der Waals surface area contributed by atoms with Gasteiger partial charge in [0.25, 0.3) is 0 Å². The number of nitrogens with zero attached hydrogens (tertiary/aromatic N) is 1. The van der Waals surface area contributed by atoms with Gasteiger partial charge in [-0.25, -0.2) is 0 Å². The molecule has 2 rings (SSSR count). The van der Waals surface area contributed by atoms with E-state index in [0.717, 1.165) is 5.56 Å². The van der Waals surface area contributed by atoms with Crippen LogP contribution in [0.5, 0.6) is 5.75 Å². The second-order valence-electron chi connectivity index (χ2n) is 4.76. The van der Waals surface area contributed by atoms with Crippen molar-refractivity contribution in [2.45, 2.75) is 12.3 Å². The van der Waals surface area contributed by atoms with E-state index in [9.17, 15) is 14.9 Å². The van der Waals surface area contributed by atoms with E-state index in [1.807, 2.05) is 6.07 Å². The fourth-order valence-corrected chi connectivity index (χ4v) is 2.20. The maximum absolute atomic E-state index is 12.0. The van der Waals surface area contributed by atoms with E-state index in [2.05, 4.69) is 0 Å². The molecule has 0 radical (unpaired) electrons. The Bertz CT molecular complexity index is 643. The fraction of sp³-hybridized carbons (Fsp3) is 0.188. The van der Waals surface area contributed by atoms with Crippen LogP contribution in [0.25, 0.3) is 0 Å². The second-order valence-corrected chi connectivity index (χ2v) is 5.19. The van der Waals surface area contributed by atoms with Crippen molar-refractivity contribution < 1.29 is 14.5 Å². The van der Waals surface area contributed by atoms with Crippen molar-refractivity contribution in [3.63, 3.8) is 0 Å². The van der Waals surface area contributed by atoms with Crippen LogP contribution in [-0.4, -0.2) is 17.4 Å². The predicted molar refractivity (Wildman–Crippen MR) is 82.7 cm³/mol. The number of halogens is 1. The zero-order chi connectivity index (χ0) is 15.9. The van der Waals surface area contributed by atoms with Crippen LogP contribution in [0.2, 0.25) is 5.02 Å². The first-order valence-corrected chi connectivity index (χ1v) is 7.05. The largest absolute Gasteiger partial charge is 0.427 e. The molecule has 2 aromatic carbocycles. The molecular formula is C16H14ClNO4. The first-order valence-electron chi connectivity index (χ1n) is 6.67. The molecule has 0 saturated carbocycles. The third-order valence-electron chi connectivity index (χ3n) is 3.10. The first-order chi connectivity index (χ1) is 10.5. The van der Waals surface area contributed by atoms with Crippen LogP contribution >= 0.6 is 11.6 Å². The van der Waals surface area contributed by atoms with Crippen LogP contribution in [0, 0.1) is 10.1 Å². The topological polar surface area (TPSA) is 69.4 Å². The average Bonchev–Trinajstić information content (AvgIpc) is 2.49. The van der Waals surface area contributed by atoms with Crippen LogP contribution in [0.3, 0.4) is 0 Å². The van der Waals surface area contributed by atoms with Crippen molar-refractivity contribution in [1.82, 2.24) is 0 Å². The van der Waals surface area contributed by atoms with E-state index in [-0.39, 0.29) is 13.0 Å². The first kappa shape index (κ1) is 16.0. The quantitative estimate of drug-likeness (QED) is 0.352. The normalized spacial score (nSPS) is 11.7. The van der Waals surface area contributed by atoms with E-state index >= 15 is 0 Å². The summed E-state index contributed by atoms with van der Waals surface area (Å²) in [5.74, 6) is -0.670. The summed E-state index contributed by atoms with van der Waals surface area (Å²) in [7, 11) is 0. The smallest absolute Gasteiger partial charge is 0.312 e. The monoisotopic (exact) mass is 319 g/mol. The summed E-state index contributed by atoms with van der Waals surface area (Å²) in [5.41, 5.74) is 0.743. The summed E-state index contributed by atoms with van der Waals surface area (Å²) in [6.07, 6.45) is -0.0619. The van der Waals surface area contributed by atoms with Crippen molar-refractivity contribution in [1.29, 1.82) is 0 Å². The highest BCUT2D eigenvalue weighted by Crippen LogP contribution is 2.22. The van der Waals surface area contributed by atoms with E-state index < -0.39 is 16.8 Å². The molecule has 0 saturated heterocycles. The molecule has 1 unspecified atom stereocenters. The molecular weight excluding hydrogens is 306 g/mol. The van der Waals surface area contributed by atoms with Crippen molar-refractivity contribution in [2.24, 2.45) is 0 Å². The van der Waals surface area contributed by atoms with Crippen LogP contribution in [0.4, 0.5) is 0 Å². The molecule has 0 amide bonds. The lowest BCUT2D eigenvalue weighted by Crippen LogP contribution is -2.19. The number of hydrogen-bond acceptors (Lipinski definition) is 4. The zero-order valence-corrected chi connectivity index (χ0v) is 12.4. The van der Waals surface area contributed by atoms with Gasteiger partial charge in [-0.1, -0.05) is 41.9 Å². The molecule has 0 fully saturated rings. The molecule has 0 spiro atoms. The van der Waals surface area contributed by atoms with Gasteiger partial charge < -0.3 is 4.74 Å². The van der Waals surface area contributed by atoms with Crippen LogP contribution in [-0.2, 0) is 4.79 Å². The summed E-state index contributed by atoms with van der Waals surface area (Å²) in [5, 5.41) is 11.3. The molecule has 0 aliphatic carbocycles. The summed E-state index contributed by atoms with van der Waals surface area (Å²) in [6, 6.07) is 15.3. The van der Waals surface area contributed by atoms with Gasteiger partial charge in [-0.05, 0) is 29.8 Å². The molecule has 0 aliphatic rings. The van der Waals surface area contributed by atoms with Gasteiger partial charge in [-0.2, -0.15) is 0 Å². The van der Waals surface area contributed by atoms with E-state index in [0.29, 0.717) is 10.8 Å². The van der Waals surface area contributed by atoms with E-state index in [1.54, 1.807) is 48.5 Å². The molecule has 2 aromatic rings. The fourth-order valence-electron chi connectivity index (χ4n) is 2.07. The SMILES string of the molecule is O=C(CC(C[N+](=O)[O-])c1ccccc1)Oc1ccc(Cl)cc1. The van der Waals surface area contributed by atoms with E-state index in [1.165, 1.54) is 0 Å². The van der Waals surface area contributed by atoms with Gasteiger partial charge in [0.05, 0.1) is 12.3 Å². The van der Waals surface area contributed by atoms with Crippen LogP contribution in [0.15, 0.2) is 54.6 Å². The molecule has 22 heavy (non-hydrogen) atoms. The minimum atomic E-state index is -0.518. The van der Waals surface area contributed by atoms with Gasteiger partial charge in [0, 0.05) is 9.95 Å². The van der Waals surface area contributed by atoms with Crippen molar-refractivity contribution in [3.05, 3.63) is 75.3 Å². The van der Waals surface area contributed by atoms with Gasteiger partial charge in [0.1, 0.15) is 5.75 Å². The number of carbonyl (C=O) groups excluding carboxylic acids is 1. The van der Waals surface area contributed by atoms with Gasteiger partial charge in [0.2, 0.25) is 6.54 Å². The highest BCUT2D eigenvalue weighted by atomic mass is 35.5. The Labute approximate surface area is 132 Å². The Morgan fingerprint density at radius 1 is 1.14 bits per heavy atom. The minimum Gasteiger partial charge on any atom is -0.427 e. The Balaban J connectivity index is 2.04. The number of benzene rings is 2. The number of hydrogen-bond donors (Lipinski definition) is 0. The lowest BCUT2D eigenvalue weighted by atomic mass is 9.96. The highest BCUT2D eigenvalue weighted by molar-refractivity contribution is 6.30. The molecule has 0 aliphatic heterocycles. The average molecular weight is 320 g/mol. The summed E-state index contributed by atoms with van der Waals surface area (Å²) >= 11 is 5.75. The third-order valence-corrected chi connectivity index (χ3v) is 3.35. The van der Waals surface area contributed by atoms with E-state index in [4.69, 9.17) is 16.3 Å². The maximum atomic E-state index is 12.0. The Morgan fingerprint density at radius 3 is 2.36 bits per heavy atom. The molecule has 0 aromatic heterocycles. The van der Waals surface area contributed by atoms with Gasteiger partial charge in [-0.3, -0.25) is 14.9 Å². The van der Waals surface area contributed by atoms with Gasteiger partial charge in [0.15, 0.2) is 0 Å². The third kappa shape index (κ3) is 4.86. The zero-order valence-electron chi connectivity index (χ0n) is 11.6. The molecule has 114 valence electrons. The molecule has 0 N–H and O–H groups in total. The molecule has 0 heterocycles.